The van der Waals surface area contributed by atoms with Crippen molar-refractivity contribution in [2.45, 2.75) is 20.0 Å². The first kappa shape index (κ1) is 15.4. The minimum absolute atomic E-state index is 0.203. The highest BCUT2D eigenvalue weighted by molar-refractivity contribution is 6.30. The molecule has 21 heavy (non-hydrogen) atoms. The number of Topliss-reactive ketones (excluding diaryl/α,β-unsaturated/α-hetero) is 1. The first-order valence-electron chi connectivity index (χ1n) is 6.31. The van der Waals surface area contributed by atoms with Crippen molar-refractivity contribution in [3.8, 4) is 5.75 Å². The Labute approximate surface area is 126 Å². The van der Waals surface area contributed by atoms with Gasteiger partial charge in [0.25, 0.3) is 0 Å². The fourth-order valence-corrected chi connectivity index (χ4v) is 2.06. The summed E-state index contributed by atoms with van der Waals surface area (Å²) in [5.41, 5.74) is -0.376. The molecular weight excluding hydrogens is 298 g/mol. The minimum Gasteiger partial charge on any atom is -0.483 e. The summed E-state index contributed by atoms with van der Waals surface area (Å²) in [4.78, 5) is 12.2. The number of carbonyl (C=O) groups is 1. The number of aryl methyl sites for hydroxylation is 1. The van der Waals surface area contributed by atoms with Gasteiger partial charge in [-0.15, -0.1) is 0 Å². The molecule has 2 rings (SSSR count). The van der Waals surface area contributed by atoms with E-state index in [4.69, 9.17) is 16.3 Å². The molecule has 2 nitrogen and oxygen atoms in total. The molecule has 0 saturated heterocycles. The van der Waals surface area contributed by atoms with E-state index in [-0.39, 0.29) is 5.56 Å². The summed E-state index contributed by atoms with van der Waals surface area (Å²) in [6.45, 7) is 2.90. The summed E-state index contributed by atoms with van der Waals surface area (Å²) in [5, 5.41) is 0.445. The van der Waals surface area contributed by atoms with Gasteiger partial charge in [0.05, 0.1) is 5.56 Å². The molecular formula is C16H13ClF2O2. The second kappa shape index (κ2) is 6.22. The van der Waals surface area contributed by atoms with Crippen molar-refractivity contribution < 1.29 is 18.3 Å². The van der Waals surface area contributed by atoms with Gasteiger partial charge < -0.3 is 4.74 Å². The number of hydrogen-bond acceptors (Lipinski definition) is 2. The van der Waals surface area contributed by atoms with Crippen LogP contribution in [0.5, 0.6) is 5.75 Å². The zero-order chi connectivity index (χ0) is 15.6. The van der Waals surface area contributed by atoms with Gasteiger partial charge in [-0.3, -0.25) is 4.79 Å². The number of rotatable bonds is 4. The molecule has 2 aromatic carbocycles. The topological polar surface area (TPSA) is 26.3 Å². The third-order valence-electron chi connectivity index (χ3n) is 3.01. The average molecular weight is 311 g/mol. The summed E-state index contributed by atoms with van der Waals surface area (Å²) in [6.07, 6.45) is -1.03. The first-order chi connectivity index (χ1) is 9.90. The van der Waals surface area contributed by atoms with Crippen LogP contribution >= 0.6 is 11.6 Å². The van der Waals surface area contributed by atoms with Crippen molar-refractivity contribution in [1.29, 1.82) is 0 Å². The van der Waals surface area contributed by atoms with E-state index in [1.54, 1.807) is 18.2 Å². The molecule has 1 atom stereocenters. The molecule has 0 radical (unpaired) electrons. The van der Waals surface area contributed by atoms with Gasteiger partial charge in [-0.1, -0.05) is 23.7 Å². The zero-order valence-corrected chi connectivity index (χ0v) is 12.2. The minimum atomic E-state index is -1.03. The number of ketones is 1. The van der Waals surface area contributed by atoms with E-state index in [0.29, 0.717) is 10.8 Å². The van der Waals surface area contributed by atoms with Crippen molar-refractivity contribution in [2.75, 3.05) is 0 Å². The molecule has 0 amide bonds. The standard InChI is InChI=1S/C16H13ClF2O2/c1-9-6-7-13(18)14(15(9)19)16(20)10(2)21-12-5-3-4-11(17)8-12/h3-8,10H,1-2H3. The molecule has 2 aromatic rings. The van der Waals surface area contributed by atoms with E-state index in [2.05, 4.69) is 0 Å². The fraction of sp³-hybridized carbons (Fsp3) is 0.188. The quantitative estimate of drug-likeness (QED) is 0.773. The average Bonchev–Trinajstić information content (AvgIpc) is 2.43. The van der Waals surface area contributed by atoms with E-state index in [1.807, 2.05) is 0 Å². The summed E-state index contributed by atoms with van der Waals surface area (Å²) < 4.78 is 33.0. The third-order valence-corrected chi connectivity index (χ3v) is 3.24. The Morgan fingerprint density at radius 3 is 2.62 bits per heavy atom. The van der Waals surface area contributed by atoms with E-state index in [0.717, 1.165) is 6.07 Å². The van der Waals surface area contributed by atoms with E-state index in [9.17, 15) is 13.6 Å². The maximum atomic E-state index is 13.9. The first-order valence-corrected chi connectivity index (χ1v) is 6.69. The maximum Gasteiger partial charge on any atom is 0.208 e. The van der Waals surface area contributed by atoms with Crippen molar-refractivity contribution in [3.63, 3.8) is 0 Å². The molecule has 0 aliphatic heterocycles. The molecule has 0 aliphatic carbocycles. The second-order valence-corrected chi connectivity index (χ2v) is 5.07. The van der Waals surface area contributed by atoms with Gasteiger partial charge in [0.2, 0.25) is 5.78 Å². The van der Waals surface area contributed by atoms with Crippen molar-refractivity contribution in [1.82, 2.24) is 0 Å². The summed E-state index contributed by atoms with van der Waals surface area (Å²) >= 11 is 5.81. The fourth-order valence-electron chi connectivity index (χ4n) is 1.88. The van der Waals surface area contributed by atoms with Crippen molar-refractivity contribution in [2.24, 2.45) is 0 Å². The third kappa shape index (κ3) is 3.39. The van der Waals surface area contributed by atoms with Crippen LogP contribution in [0.3, 0.4) is 0 Å². The van der Waals surface area contributed by atoms with Crippen LogP contribution in [-0.2, 0) is 0 Å². The Kier molecular flexibility index (Phi) is 4.58. The van der Waals surface area contributed by atoms with Crippen LogP contribution in [0.2, 0.25) is 5.02 Å². The normalized spacial score (nSPS) is 12.0. The number of benzene rings is 2. The van der Waals surface area contributed by atoms with E-state index < -0.39 is 29.1 Å². The van der Waals surface area contributed by atoms with Crippen molar-refractivity contribution in [3.05, 3.63) is 64.2 Å². The predicted octanol–water partition coefficient (Wildman–Crippen LogP) is 4.58. The SMILES string of the molecule is Cc1ccc(F)c(C(=O)C(C)Oc2cccc(Cl)c2)c1F. The Bertz CT molecular complexity index is 686. The summed E-state index contributed by atoms with van der Waals surface area (Å²) in [7, 11) is 0. The van der Waals surface area contributed by atoms with Gasteiger partial charge in [-0.2, -0.15) is 0 Å². The lowest BCUT2D eigenvalue weighted by Crippen LogP contribution is -2.26. The Balaban J connectivity index is 2.26. The Morgan fingerprint density at radius 2 is 1.95 bits per heavy atom. The molecule has 0 aliphatic rings. The van der Waals surface area contributed by atoms with Crippen LogP contribution < -0.4 is 4.74 Å². The molecule has 5 heteroatoms. The van der Waals surface area contributed by atoms with E-state index in [1.165, 1.54) is 26.0 Å². The largest absolute Gasteiger partial charge is 0.483 e. The number of halogens is 3. The molecule has 0 saturated carbocycles. The van der Waals surface area contributed by atoms with Crippen LogP contribution in [0.15, 0.2) is 36.4 Å². The monoisotopic (exact) mass is 310 g/mol. The van der Waals surface area contributed by atoms with Crippen LogP contribution in [0.4, 0.5) is 8.78 Å². The van der Waals surface area contributed by atoms with Crippen LogP contribution in [0.25, 0.3) is 0 Å². The van der Waals surface area contributed by atoms with E-state index >= 15 is 0 Å². The van der Waals surface area contributed by atoms with Gasteiger partial charge in [0.15, 0.2) is 6.10 Å². The van der Waals surface area contributed by atoms with Gasteiger partial charge in [0.1, 0.15) is 17.4 Å². The lowest BCUT2D eigenvalue weighted by Gasteiger charge is -2.15. The van der Waals surface area contributed by atoms with Crippen LogP contribution in [-0.4, -0.2) is 11.9 Å². The maximum absolute atomic E-state index is 13.9. The van der Waals surface area contributed by atoms with Gasteiger partial charge >= 0.3 is 0 Å². The van der Waals surface area contributed by atoms with Gasteiger partial charge in [-0.25, -0.2) is 8.78 Å². The zero-order valence-electron chi connectivity index (χ0n) is 11.5. The predicted molar refractivity (Wildman–Crippen MR) is 77.0 cm³/mol. The highest BCUT2D eigenvalue weighted by Gasteiger charge is 2.25. The second-order valence-electron chi connectivity index (χ2n) is 4.63. The van der Waals surface area contributed by atoms with Gasteiger partial charge in [-0.05, 0) is 43.7 Å². The molecule has 0 spiro atoms. The lowest BCUT2D eigenvalue weighted by molar-refractivity contribution is 0.0809. The summed E-state index contributed by atoms with van der Waals surface area (Å²) in [6, 6.07) is 8.79. The number of hydrogen-bond donors (Lipinski definition) is 0. The number of ether oxygens (including phenoxy) is 1. The summed E-state index contributed by atoms with van der Waals surface area (Å²) in [5.74, 6) is -2.16. The molecule has 0 bridgehead atoms. The molecule has 0 N–H and O–H groups in total. The Morgan fingerprint density at radius 1 is 1.24 bits per heavy atom. The van der Waals surface area contributed by atoms with Crippen LogP contribution in [0, 0.1) is 18.6 Å². The highest BCUT2D eigenvalue weighted by Crippen LogP contribution is 2.22. The molecule has 0 heterocycles. The smallest absolute Gasteiger partial charge is 0.208 e. The lowest BCUT2D eigenvalue weighted by atomic mass is 10.0. The van der Waals surface area contributed by atoms with Gasteiger partial charge in [0, 0.05) is 5.02 Å². The molecule has 0 aromatic heterocycles. The Hall–Kier alpha value is -1.94. The molecule has 0 fully saturated rings. The van der Waals surface area contributed by atoms with Crippen LogP contribution in [0.1, 0.15) is 22.8 Å². The molecule has 110 valence electrons. The number of carbonyl (C=O) groups excluding carboxylic acids is 1. The van der Waals surface area contributed by atoms with Crippen molar-refractivity contribution >= 4 is 17.4 Å². The molecule has 1 unspecified atom stereocenters. The highest BCUT2D eigenvalue weighted by atomic mass is 35.5.